The van der Waals surface area contributed by atoms with E-state index >= 15 is 0 Å². The van der Waals surface area contributed by atoms with E-state index < -0.39 is 10.0 Å². The van der Waals surface area contributed by atoms with Crippen LogP contribution < -0.4 is 10.5 Å². The number of anilines is 1. The first-order valence-electron chi connectivity index (χ1n) is 6.40. The number of aryl methyl sites for hydroxylation is 1. The summed E-state index contributed by atoms with van der Waals surface area (Å²) < 4.78 is 26.3. The molecule has 4 N–H and O–H groups in total. The summed E-state index contributed by atoms with van der Waals surface area (Å²) in [5.74, 6) is -0.0128. The van der Waals surface area contributed by atoms with E-state index in [0.29, 0.717) is 17.7 Å². The van der Waals surface area contributed by atoms with Crippen LogP contribution in [0.4, 0.5) is 5.69 Å². The van der Waals surface area contributed by atoms with E-state index in [9.17, 15) is 13.5 Å². The molecular weight excluding hydrogens is 290 g/mol. The summed E-state index contributed by atoms with van der Waals surface area (Å²) in [6.45, 7) is 0.00948. The quantitative estimate of drug-likeness (QED) is 0.546. The SMILES string of the molecule is Nc1ccc(O)c(CNS(=O)(=O)CCc2ccncc2)c1. The third kappa shape index (κ3) is 4.73. The number of aromatic nitrogens is 1. The van der Waals surface area contributed by atoms with E-state index in [0.717, 1.165) is 5.56 Å². The number of benzene rings is 1. The van der Waals surface area contributed by atoms with Gasteiger partial charge in [-0.1, -0.05) is 0 Å². The molecule has 6 nitrogen and oxygen atoms in total. The molecule has 0 saturated heterocycles. The van der Waals surface area contributed by atoms with Crippen LogP contribution in [0.2, 0.25) is 0 Å². The number of nitrogens with one attached hydrogen (secondary N) is 1. The number of hydrogen-bond donors (Lipinski definition) is 3. The van der Waals surface area contributed by atoms with Gasteiger partial charge in [0.1, 0.15) is 5.75 Å². The van der Waals surface area contributed by atoms with Crippen LogP contribution in [0.15, 0.2) is 42.7 Å². The molecule has 21 heavy (non-hydrogen) atoms. The van der Waals surface area contributed by atoms with Gasteiger partial charge < -0.3 is 10.8 Å². The molecule has 0 spiro atoms. The molecule has 0 saturated carbocycles. The van der Waals surface area contributed by atoms with Gasteiger partial charge in [-0.25, -0.2) is 13.1 Å². The number of nitrogens with zero attached hydrogens (tertiary/aromatic N) is 1. The Balaban J connectivity index is 1.93. The Morgan fingerprint density at radius 1 is 1.19 bits per heavy atom. The Morgan fingerprint density at radius 3 is 2.62 bits per heavy atom. The number of nitrogen functional groups attached to an aromatic ring is 1. The van der Waals surface area contributed by atoms with Crippen LogP contribution in [0.5, 0.6) is 5.75 Å². The van der Waals surface area contributed by atoms with Gasteiger partial charge in [0.05, 0.1) is 5.75 Å². The van der Waals surface area contributed by atoms with Gasteiger partial charge in [0.25, 0.3) is 0 Å². The van der Waals surface area contributed by atoms with Crippen molar-refractivity contribution in [3.8, 4) is 5.75 Å². The van der Waals surface area contributed by atoms with Crippen LogP contribution in [0, 0.1) is 0 Å². The summed E-state index contributed by atoms with van der Waals surface area (Å²) in [7, 11) is -3.43. The molecule has 0 aliphatic heterocycles. The second-order valence-electron chi connectivity index (χ2n) is 4.63. The molecule has 0 radical (unpaired) electrons. The van der Waals surface area contributed by atoms with E-state index in [4.69, 9.17) is 5.73 Å². The molecule has 0 aliphatic rings. The molecule has 0 bridgehead atoms. The number of nitrogens with two attached hydrogens (primary N) is 1. The second kappa shape index (κ2) is 6.55. The highest BCUT2D eigenvalue weighted by Gasteiger charge is 2.11. The van der Waals surface area contributed by atoms with Crippen molar-refractivity contribution in [1.82, 2.24) is 9.71 Å². The lowest BCUT2D eigenvalue weighted by molar-refractivity contribution is 0.467. The Morgan fingerprint density at radius 2 is 1.90 bits per heavy atom. The van der Waals surface area contributed by atoms with Gasteiger partial charge in [-0.05, 0) is 42.3 Å². The largest absolute Gasteiger partial charge is 0.508 e. The van der Waals surface area contributed by atoms with Crippen molar-refractivity contribution < 1.29 is 13.5 Å². The van der Waals surface area contributed by atoms with E-state index in [1.54, 1.807) is 36.7 Å². The molecule has 0 amide bonds. The Kier molecular flexibility index (Phi) is 4.77. The number of pyridine rings is 1. The normalized spacial score (nSPS) is 11.4. The third-order valence-corrected chi connectivity index (χ3v) is 4.32. The molecule has 7 heteroatoms. The van der Waals surface area contributed by atoms with Gasteiger partial charge in [-0.3, -0.25) is 4.98 Å². The van der Waals surface area contributed by atoms with Crippen molar-refractivity contribution in [2.24, 2.45) is 0 Å². The van der Waals surface area contributed by atoms with Crippen molar-refractivity contribution >= 4 is 15.7 Å². The average molecular weight is 307 g/mol. The van der Waals surface area contributed by atoms with E-state index in [1.165, 1.54) is 6.07 Å². The summed E-state index contributed by atoms with van der Waals surface area (Å²) in [6.07, 6.45) is 3.65. The Labute approximate surface area is 123 Å². The maximum Gasteiger partial charge on any atom is 0.212 e. The van der Waals surface area contributed by atoms with Crippen LogP contribution in [0.1, 0.15) is 11.1 Å². The zero-order chi connectivity index (χ0) is 15.3. The predicted octanol–water partition coefficient (Wildman–Crippen LogP) is 1.03. The van der Waals surface area contributed by atoms with Gasteiger partial charge in [-0.15, -0.1) is 0 Å². The minimum absolute atomic E-state index is 0.00948. The highest BCUT2D eigenvalue weighted by Crippen LogP contribution is 2.19. The fourth-order valence-electron chi connectivity index (χ4n) is 1.81. The van der Waals surface area contributed by atoms with Gasteiger partial charge in [0, 0.05) is 30.2 Å². The van der Waals surface area contributed by atoms with E-state index in [1.807, 2.05) is 0 Å². The van der Waals surface area contributed by atoms with Crippen LogP contribution in [0.25, 0.3) is 0 Å². The standard InChI is InChI=1S/C14H17N3O3S/c15-13-1-2-14(18)12(9-13)10-17-21(19,20)8-5-11-3-6-16-7-4-11/h1-4,6-7,9,17-18H,5,8,10,15H2. The fraction of sp³-hybridized carbons (Fsp3) is 0.214. The first-order chi connectivity index (χ1) is 9.96. The molecule has 0 unspecified atom stereocenters. The van der Waals surface area contributed by atoms with Crippen molar-refractivity contribution in [3.05, 3.63) is 53.9 Å². The van der Waals surface area contributed by atoms with Crippen molar-refractivity contribution in [2.45, 2.75) is 13.0 Å². The Hall–Kier alpha value is -2.12. The summed E-state index contributed by atoms with van der Waals surface area (Å²) in [6, 6.07) is 8.09. The first-order valence-corrected chi connectivity index (χ1v) is 8.05. The summed E-state index contributed by atoms with van der Waals surface area (Å²) in [5.41, 5.74) is 7.43. The number of hydrogen-bond acceptors (Lipinski definition) is 5. The maximum atomic E-state index is 11.9. The third-order valence-electron chi connectivity index (χ3n) is 2.99. The number of phenols is 1. The molecule has 1 heterocycles. The van der Waals surface area contributed by atoms with Gasteiger partial charge in [0.15, 0.2) is 0 Å². The molecule has 0 aliphatic carbocycles. The molecular formula is C14H17N3O3S. The number of phenolic OH excluding ortho intramolecular Hbond substituents is 1. The average Bonchev–Trinajstić information content (AvgIpc) is 2.47. The van der Waals surface area contributed by atoms with Crippen LogP contribution in [-0.2, 0) is 23.0 Å². The predicted molar refractivity (Wildman–Crippen MR) is 81.1 cm³/mol. The van der Waals surface area contributed by atoms with E-state index in [-0.39, 0.29) is 18.0 Å². The highest BCUT2D eigenvalue weighted by atomic mass is 32.2. The molecule has 0 fully saturated rings. The fourth-order valence-corrected chi connectivity index (χ4v) is 2.83. The number of rotatable bonds is 6. The summed E-state index contributed by atoms with van der Waals surface area (Å²) in [5, 5.41) is 9.64. The van der Waals surface area contributed by atoms with Crippen LogP contribution in [-0.4, -0.2) is 24.3 Å². The minimum atomic E-state index is -3.43. The highest BCUT2D eigenvalue weighted by molar-refractivity contribution is 7.89. The monoisotopic (exact) mass is 307 g/mol. The second-order valence-corrected chi connectivity index (χ2v) is 6.56. The summed E-state index contributed by atoms with van der Waals surface area (Å²) >= 11 is 0. The molecule has 1 aromatic carbocycles. The van der Waals surface area contributed by atoms with Crippen LogP contribution in [0.3, 0.4) is 0 Å². The molecule has 1 aromatic heterocycles. The van der Waals surface area contributed by atoms with E-state index in [2.05, 4.69) is 9.71 Å². The first kappa shape index (κ1) is 15.3. The maximum absolute atomic E-state index is 11.9. The molecule has 2 aromatic rings. The molecule has 2 rings (SSSR count). The minimum Gasteiger partial charge on any atom is -0.508 e. The van der Waals surface area contributed by atoms with Crippen molar-refractivity contribution in [3.63, 3.8) is 0 Å². The lowest BCUT2D eigenvalue weighted by Crippen LogP contribution is -2.27. The molecule has 0 atom stereocenters. The zero-order valence-corrected chi connectivity index (χ0v) is 12.2. The molecule has 112 valence electrons. The topological polar surface area (TPSA) is 105 Å². The lowest BCUT2D eigenvalue weighted by atomic mass is 10.2. The Bertz CT molecular complexity index is 703. The summed E-state index contributed by atoms with van der Waals surface area (Å²) in [4.78, 5) is 3.88. The number of sulfonamides is 1. The van der Waals surface area contributed by atoms with Gasteiger partial charge in [0.2, 0.25) is 10.0 Å². The van der Waals surface area contributed by atoms with Crippen molar-refractivity contribution in [1.29, 1.82) is 0 Å². The smallest absolute Gasteiger partial charge is 0.212 e. The van der Waals surface area contributed by atoms with Crippen LogP contribution >= 0.6 is 0 Å². The number of aromatic hydroxyl groups is 1. The van der Waals surface area contributed by atoms with Gasteiger partial charge >= 0.3 is 0 Å². The zero-order valence-electron chi connectivity index (χ0n) is 11.4. The van der Waals surface area contributed by atoms with Crippen molar-refractivity contribution in [2.75, 3.05) is 11.5 Å². The lowest BCUT2D eigenvalue weighted by Gasteiger charge is -2.09. The van der Waals surface area contributed by atoms with Gasteiger partial charge in [-0.2, -0.15) is 0 Å².